The Hall–Kier alpha value is -1.92. The van der Waals surface area contributed by atoms with Gasteiger partial charge in [-0.15, -0.1) is 5.92 Å². The van der Waals surface area contributed by atoms with Gasteiger partial charge in [0.1, 0.15) is 12.2 Å². The summed E-state index contributed by atoms with van der Waals surface area (Å²) in [5.41, 5.74) is -3.23. The van der Waals surface area contributed by atoms with E-state index in [2.05, 4.69) is 16.8 Å². The maximum absolute atomic E-state index is 12.0. The van der Waals surface area contributed by atoms with Gasteiger partial charge < -0.3 is 20.1 Å². The SMILES string of the molecule is CC#CC1(O)C(n2c(C)cc(=O)[nH]c2=O)OC(CO)[C@@H]1O. The molecule has 4 atom stereocenters. The quantitative estimate of drug-likeness (QED) is 0.461. The molecule has 0 spiro atoms. The maximum Gasteiger partial charge on any atom is 0.330 e. The molecular formula is C13H16N2O6. The van der Waals surface area contributed by atoms with Gasteiger partial charge >= 0.3 is 5.69 Å². The number of aromatic nitrogens is 2. The Balaban J connectivity index is 2.64. The van der Waals surface area contributed by atoms with Crippen molar-refractivity contribution in [1.82, 2.24) is 9.55 Å². The molecule has 3 unspecified atom stereocenters. The van der Waals surface area contributed by atoms with Gasteiger partial charge in [0, 0.05) is 11.8 Å². The van der Waals surface area contributed by atoms with Gasteiger partial charge in [0.25, 0.3) is 5.56 Å². The molecule has 0 saturated carbocycles. The van der Waals surface area contributed by atoms with E-state index in [-0.39, 0.29) is 5.69 Å². The minimum Gasteiger partial charge on any atom is -0.394 e. The van der Waals surface area contributed by atoms with Crippen LogP contribution >= 0.6 is 0 Å². The molecule has 0 bridgehead atoms. The number of hydrogen-bond donors (Lipinski definition) is 4. The van der Waals surface area contributed by atoms with Gasteiger partial charge in [-0.05, 0) is 13.8 Å². The van der Waals surface area contributed by atoms with Crippen molar-refractivity contribution in [2.24, 2.45) is 0 Å². The molecule has 1 aliphatic rings. The first-order chi connectivity index (χ1) is 9.85. The fourth-order valence-corrected chi connectivity index (χ4v) is 2.42. The van der Waals surface area contributed by atoms with Crippen LogP contribution in [0.15, 0.2) is 15.7 Å². The molecule has 1 aliphatic heterocycles. The molecule has 1 fully saturated rings. The molecule has 114 valence electrons. The Morgan fingerprint density at radius 2 is 2.19 bits per heavy atom. The third-order valence-electron chi connectivity index (χ3n) is 3.39. The molecular weight excluding hydrogens is 280 g/mol. The van der Waals surface area contributed by atoms with E-state index in [1.807, 2.05) is 0 Å². The van der Waals surface area contributed by atoms with Crippen molar-refractivity contribution in [3.05, 3.63) is 32.6 Å². The number of rotatable bonds is 2. The second kappa shape index (κ2) is 5.46. The van der Waals surface area contributed by atoms with Gasteiger partial charge in [-0.2, -0.15) is 0 Å². The molecule has 2 rings (SSSR count). The van der Waals surface area contributed by atoms with Crippen LogP contribution in [0.5, 0.6) is 0 Å². The van der Waals surface area contributed by atoms with Crippen molar-refractivity contribution in [1.29, 1.82) is 0 Å². The highest BCUT2D eigenvalue weighted by atomic mass is 16.6. The van der Waals surface area contributed by atoms with Crippen LogP contribution in [0, 0.1) is 18.8 Å². The van der Waals surface area contributed by atoms with Crippen molar-refractivity contribution in [2.75, 3.05) is 6.61 Å². The normalized spacial score (nSPS) is 31.8. The van der Waals surface area contributed by atoms with E-state index in [1.54, 1.807) is 0 Å². The van der Waals surface area contributed by atoms with E-state index in [0.29, 0.717) is 0 Å². The first kappa shape index (κ1) is 15.5. The van der Waals surface area contributed by atoms with Gasteiger partial charge in [-0.1, -0.05) is 5.92 Å². The lowest BCUT2D eigenvalue weighted by Crippen LogP contribution is -2.48. The number of H-pyrrole nitrogens is 1. The van der Waals surface area contributed by atoms with Crippen LogP contribution in [0.4, 0.5) is 0 Å². The van der Waals surface area contributed by atoms with Gasteiger partial charge in [-0.25, -0.2) is 4.79 Å². The molecule has 1 aromatic heterocycles. The fourth-order valence-electron chi connectivity index (χ4n) is 2.42. The summed E-state index contributed by atoms with van der Waals surface area (Å²) in [4.78, 5) is 25.3. The molecule has 4 N–H and O–H groups in total. The number of nitrogens with one attached hydrogen (secondary N) is 1. The Kier molecular flexibility index (Phi) is 4.02. The molecule has 8 nitrogen and oxygen atoms in total. The van der Waals surface area contributed by atoms with E-state index in [9.17, 15) is 24.9 Å². The first-order valence-corrected chi connectivity index (χ1v) is 6.28. The average Bonchev–Trinajstić information content (AvgIpc) is 2.63. The van der Waals surface area contributed by atoms with Gasteiger partial charge in [0.05, 0.1) is 6.61 Å². The summed E-state index contributed by atoms with van der Waals surface area (Å²) in [7, 11) is 0. The van der Waals surface area contributed by atoms with Crippen molar-refractivity contribution in [3.8, 4) is 11.8 Å². The Morgan fingerprint density at radius 3 is 2.71 bits per heavy atom. The predicted octanol–water partition coefficient (Wildman–Crippen LogP) is -2.15. The highest BCUT2D eigenvalue weighted by Gasteiger charge is 2.56. The van der Waals surface area contributed by atoms with E-state index in [0.717, 1.165) is 10.6 Å². The summed E-state index contributed by atoms with van der Waals surface area (Å²) in [6.45, 7) is 2.39. The number of aliphatic hydroxyl groups is 3. The van der Waals surface area contributed by atoms with Crippen LogP contribution in [-0.2, 0) is 4.74 Å². The Labute approximate surface area is 119 Å². The second-order valence-electron chi connectivity index (χ2n) is 4.80. The lowest BCUT2D eigenvalue weighted by atomic mass is 9.94. The number of aryl methyl sites for hydroxylation is 1. The second-order valence-corrected chi connectivity index (χ2v) is 4.80. The Bertz CT molecular complexity index is 712. The topological polar surface area (TPSA) is 125 Å². The molecule has 1 saturated heterocycles. The fraction of sp³-hybridized carbons (Fsp3) is 0.538. The van der Waals surface area contributed by atoms with Crippen LogP contribution in [0.1, 0.15) is 18.8 Å². The predicted molar refractivity (Wildman–Crippen MR) is 71.5 cm³/mol. The van der Waals surface area contributed by atoms with Crippen LogP contribution in [0.25, 0.3) is 0 Å². The third kappa shape index (κ3) is 2.41. The van der Waals surface area contributed by atoms with Gasteiger partial charge in [0.2, 0.25) is 0 Å². The number of ether oxygens (including phenoxy) is 1. The molecule has 1 aromatic rings. The summed E-state index contributed by atoms with van der Waals surface area (Å²) in [5.74, 6) is 4.89. The third-order valence-corrected chi connectivity index (χ3v) is 3.39. The zero-order chi connectivity index (χ0) is 15.8. The standard InChI is InChI=1S/C13H16N2O6/c1-3-4-13(20)10(18)8(6-16)21-11(13)15-7(2)5-9(17)14-12(15)19/h5,8,10-11,16,18,20H,6H2,1-2H3,(H,14,17,19)/t8?,10-,11?,13?/m0/s1. The van der Waals surface area contributed by atoms with E-state index >= 15 is 0 Å². The minimum atomic E-state index is -2.07. The molecule has 8 heteroatoms. The summed E-state index contributed by atoms with van der Waals surface area (Å²) in [6, 6.07) is 1.16. The van der Waals surface area contributed by atoms with E-state index in [4.69, 9.17) is 4.74 Å². The summed E-state index contributed by atoms with van der Waals surface area (Å²) in [5, 5.41) is 29.9. The van der Waals surface area contributed by atoms with Crippen molar-refractivity contribution >= 4 is 0 Å². The number of hydrogen-bond acceptors (Lipinski definition) is 6. The van der Waals surface area contributed by atoms with Crippen LogP contribution in [-0.4, -0.2) is 49.3 Å². The zero-order valence-corrected chi connectivity index (χ0v) is 11.5. The van der Waals surface area contributed by atoms with Crippen LogP contribution < -0.4 is 11.2 Å². The largest absolute Gasteiger partial charge is 0.394 e. The van der Waals surface area contributed by atoms with Crippen molar-refractivity contribution < 1.29 is 20.1 Å². The number of nitrogens with zero attached hydrogens (tertiary/aromatic N) is 1. The number of aromatic amines is 1. The van der Waals surface area contributed by atoms with Crippen molar-refractivity contribution in [2.45, 2.75) is 37.9 Å². The highest BCUT2D eigenvalue weighted by Crippen LogP contribution is 2.37. The highest BCUT2D eigenvalue weighted by molar-refractivity contribution is 5.23. The summed E-state index contributed by atoms with van der Waals surface area (Å²) in [6.07, 6.45) is -3.95. The zero-order valence-electron chi connectivity index (χ0n) is 11.5. The molecule has 0 radical (unpaired) electrons. The molecule has 0 aliphatic carbocycles. The molecule has 21 heavy (non-hydrogen) atoms. The average molecular weight is 296 g/mol. The lowest BCUT2D eigenvalue weighted by molar-refractivity contribution is -0.0775. The van der Waals surface area contributed by atoms with Gasteiger partial charge in [-0.3, -0.25) is 14.3 Å². The van der Waals surface area contributed by atoms with E-state index in [1.165, 1.54) is 13.8 Å². The maximum atomic E-state index is 12.0. The molecule has 2 heterocycles. The summed E-state index contributed by atoms with van der Waals surface area (Å²) >= 11 is 0. The van der Waals surface area contributed by atoms with Crippen molar-refractivity contribution in [3.63, 3.8) is 0 Å². The lowest BCUT2D eigenvalue weighted by Gasteiger charge is -2.27. The minimum absolute atomic E-state index is 0.232. The molecule has 0 aromatic carbocycles. The smallest absolute Gasteiger partial charge is 0.330 e. The number of aliphatic hydroxyl groups excluding tert-OH is 2. The summed E-state index contributed by atoms with van der Waals surface area (Å²) < 4.78 is 6.36. The van der Waals surface area contributed by atoms with Crippen LogP contribution in [0.2, 0.25) is 0 Å². The first-order valence-electron chi connectivity index (χ1n) is 6.28. The van der Waals surface area contributed by atoms with Gasteiger partial charge in [0.15, 0.2) is 11.8 Å². The Morgan fingerprint density at radius 1 is 1.52 bits per heavy atom. The monoisotopic (exact) mass is 296 g/mol. The molecule has 0 amide bonds. The van der Waals surface area contributed by atoms with E-state index < -0.39 is 41.9 Å². The van der Waals surface area contributed by atoms with Crippen LogP contribution in [0.3, 0.4) is 0 Å².